The zero-order valence-corrected chi connectivity index (χ0v) is 38.8. The van der Waals surface area contributed by atoms with Crippen LogP contribution in [0.3, 0.4) is 0 Å². The number of ketones is 2. The maximum atomic E-state index is 12.9. The highest BCUT2D eigenvalue weighted by Gasteiger charge is 2.48. The summed E-state index contributed by atoms with van der Waals surface area (Å²) in [5, 5.41) is 0. The van der Waals surface area contributed by atoms with Gasteiger partial charge in [-0.1, -0.05) is 36.4 Å². The third-order valence-corrected chi connectivity index (χ3v) is 9.76. The number of benzene rings is 2. The number of carbonyl (C=O) groups excluding carboxylic acids is 8. The second-order valence-electron chi connectivity index (χ2n) is 15.4. The number of allylic oxidation sites excluding steroid dienone is 2. The molecule has 370 valence electrons. The molecule has 2 saturated heterocycles. The van der Waals surface area contributed by atoms with Gasteiger partial charge in [-0.15, -0.1) is 0 Å². The zero-order chi connectivity index (χ0) is 49.6. The number of hydrogen-bond donors (Lipinski definition) is 0. The molecule has 2 heterocycles. The van der Waals surface area contributed by atoms with Gasteiger partial charge in [0.2, 0.25) is 0 Å². The molecule has 0 saturated carbocycles. The Hall–Kier alpha value is -6.48. The van der Waals surface area contributed by atoms with Crippen molar-refractivity contribution in [3.63, 3.8) is 0 Å². The van der Waals surface area contributed by atoms with Crippen LogP contribution in [0.25, 0.3) is 12.2 Å². The standard InChI is InChI=1S/C48H58O20/c1-29(49)63-43-27-61-41(45(65-31(3)51)47(43)67-33(5)53)25-37(55)13-7-35-9-15-39(16-10-35)59-23-21-57-19-20-58-22-24-60-40-17-11-36(12-18-40)8-14-38(56)26-42-46(66-32(4)52)48(68-34(6)54)44(28-62-42)64-30(2)50/h7-18,41-48H,19-28H2,1-6H3/b13-7+,14-8+/t41-,42-,43+,44+,45-,46-,47-,48-/m0/s1. The van der Waals surface area contributed by atoms with Crippen molar-refractivity contribution in [3.8, 4) is 11.5 Å². The molecule has 0 aromatic heterocycles. The van der Waals surface area contributed by atoms with Crippen LogP contribution < -0.4 is 9.47 Å². The van der Waals surface area contributed by atoms with Crippen molar-refractivity contribution >= 4 is 59.5 Å². The van der Waals surface area contributed by atoms with Crippen molar-refractivity contribution in [1.29, 1.82) is 0 Å². The van der Waals surface area contributed by atoms with E-state index in [1.54, 1.807) is 60.7 Å². The van der Waals surface area contributed by atoms with Gasteiger partial charge in [-0.3, -0.25) is 38.4 Å². The zero-order valence-electron chi connectivity index (χ0n) is 38.8. The van der Waals surface area contributed by atoms with E-state index in [0.29, 0.717) is 49.1 Å². The van der Waals surface area contributed by atoms with Crippen LogP contribution in [0.2, 0.25) is 0 Å². The Labute approximate surface area is 393 Å². The lowest BCUT2D eigenvalue weighted by atomic mass is 9.95. The smallest absolute Gasteiger partial charge is 0.303 e. The summed E-state index contributed by atoms with van der Waals surface area (Å²) in [4.78, 5) is 96.3. The lowest BCUT2D eigenvalue weighted by Gasteiger charge is -2.40. The third-order valence-electron chi connectivity index (χ3n) is 9.76. The molecule has 2 aliphatic heterocycles. The minimum absolute atomic E-state index is 0.167. The minimum Gasteiger partial charge on any atom is -0.491 e. The molecule has 0 radical (unpaired) electrons. The molecule has 0 amide bonds. The van der Waals surface area contributed by atoms with Gasteiger partial charge < -0.3 is 56.8 Å². The van der Waals surface area contributed by atoms with E-state index in [0.717, 1.165) is 0 Å². The van der Waals surface area contributed by atoms with E-state index in [4.69, 9.17) is 56.8 Å². The summed E-state index contributed by atoms with van der Waals surface area (Å²) in [5.41, 5.74) is 1.43. The molecule has 68 heavy (non-hydrogen) atoms. The second-order valence-corrected chi connectivity index (χ2v) is 15.4. The van der Waals surface area contributed by atoms with Gasteiger partial charge in [0.15, 0.2) is 48.2 Å². The first kappa shape index (κ1) is 54.1. The summed E-state index contributed by atoms with van der Waals surface area (Å²) in [7, 11) is 0. The highest BCUT2D eigenvalue weighted by atomic mass is 16.7. The Morgan fingerprint density at radius 3 is 1.07 bits per heavy atom. The molecule has 2 aromatic carbocycles. The minimum atomic E-state index is -1.18. The highest BCUT2D eigenvalue weighted by molar-refractivity contribution is 5.94. The third kappa shape index (κ3) is 19.4. The lowest BCUT2D eigenvalue weighted by molar-refractivity contribution is -0.225. The van der Waals surface area contributed by atoms with Gasteiger partial charge >= 0.3 is 35.8 Å². The molecule has 4 rings (SSSR count). The predicted octanol–water partition coefficient (Wildman–Crippen LogP) is 3.51. The molecular formula is C48H58O20. The molecule has 2 aromatic rings. The van der Waals surface area contributed by atoms with E-state index in [2.05, 4.69) is 0 Å². The van der Waals surface area contributed by atoms with Gasteiger partial charge in [-0.05, 0) is 47.5 Å². The fourth-order valence-electron chi connectivity index (χ4n) is 7.00. The second kappa shape index (κ2) is 28.0. The van der Waals surface area contributed by atoms with Gasteiger partial charge in [0.1, 0.15) is 36.9 Å². The van der Waals surface area contributed by atoms with Crippen molar-refractivity contribution in [3.05, 3.63) is 71.8 Å². The van der Waals surface area contributed by atoms with Gasteiger partial charge in [0.25, 0.3) is 0 Å². The molecule has 20 nitrogen and oxygen atoms in total. The van der Waals surface area contributed by atoms with Crippen molar-refractivity contribution < 1.29 is 95.2 Å². The Balaban J connectivity index is 1.09. The van der Waals surface area contributed by atoms with Gasteiger partial charge in [-0.25, -0.2) is 0 Å². The molecular weight excluding hydrogens is 897 g/mol. The maximum absolute atomic E-state index is 12.9. The monoisotopic (exact) mass is 954 g/mol. The molecule has 20 heteroatoms. The first-order valence-electron chi connectivity index (χ1n) is 21.8. The van der Waals surface area contributed by atoms with Crippen LogP contribution in [0.5, 0.6) is 11.5 Å². The van der Waals surface area contributed by atoms with Gasteiger partial charge in [0, 0.05) is 54.4 Å². The van der Waals surface area contributed by atoms with Crippen molar-refractivity contribution in [1.82, 2.24) is 0 Å². The molecule has 0 aliphatic carbocycles. The number of hydrogen-bond acceptors (Lipinski definition) is 20. The van der Waals surface area contributed by atoms with E-state index in [1.165, 1.54) is 53.7 Å². The SMILES string of the molecule is CC(=O)O[C@@H]1[C@@H](OC(C)=O)[C@H](OC(C)=O)CO[C@H]1CC(=O)/C=C/c1ccc(OCCOCCOCCOc2ccc(/C=C/C(=O)C[C@@H]3OC[C@@H](OC(C)=O)[C@H](OC(C)=O)[C@H]3OC(C)=O)cc2)cc1. The predicted molar refractivity (Wildman–Crippen MR) is 236 cm³/mol. The number of carbonyl (C=O) groups is 8. The summed E-state index contributed by atoms with van der Waals surface area (Å²) < 4.78 is 65.9. The highest BCUT2D eigenvalue weighted by Crippen LogP contribution is 2.28. The normalized spacial score (nSPS) is 22.4. The van der Waals surface area contributed by atoms with Crippen LogP contribution in [0.15, 0.2) is 60.7 Å². The van der Waals surface area contributed by atoms with Gasteiger partial charge in [-0.2, -0.15) is 0 Å². The van der Waals surface area contributed by atoms with Crippen LogP contribution in [-0.2, 0) is 85.7 Å². The molecule has 8 atom stereocenters. The average Bonchev–Trinajstić information content (AvgIpc) is 3.26. The topological polar surface area (TPSA) is 247 Å². The molecule has 0 unspecified atom stereocenters. The van der Waals surface area contributed by atoms with E-state index in [1.807, 2.05) is 0 Å². The lowest BCUT2D eigenvalue weighted by Crippen LogP contribution is -2.57. The van der Waals surface area contributed by atoms with Crippen molar-refractivity contribution in [2.45, 2.75) is 103 Å². The van der Waals surface area contributed by atoms with Crippen LogP contribution in [0.4, 0.5) is 0 Å². The summed E-state index contributed by atoms with van der Waals surface area (Å²) in [5.74, 6) is -3.53. The Bertz CT molecular complexity index is 1930. The van der Waals surface area contributed by atoms with Crippen LogP contribution >= 0.6 is 0 Å². The van der Waals surface area contributed by atoms with Crippen LogP contribution in [0.1, 0.15) is 65.5 Å². The van der Waals surface area contributed by atoms with E-state index < -0.39 is 84.6 Å². The van der Waals surface area contributed by atoms with E-state index >= 15 is 0 Å². The maximum Gasteiger partial charge on any atom is 0.303 e. The van der Waals surface area contributed by atoms with Crippen molar-refractivity contribution in [2.75, 3.05) is 52.9 Å². The summed E-state index contributed by atoms with van der Waals surface area (Å²) in [6, 6.07) is 14.0. The van der Waals surface area contributed by atoms with E-state index in [-0.39, 0.29) is 50.8 Å². The molecule has 2 aliphatic rings. The Kier molecular flexibility index (Phi) is 22.3. The fraction of sp³-hybridized carbons (Fsp3) is 0.500. The number of ether oxygens (including phenoxy) is 12. The Morgan fingerprint density at radius 2 is 0.750 bits per heavy atom. The first-order valence-corrected chi connectivity index (χ1v) is 21.8. The summed E-state index contributed by atoms with van der Waals surface area (Å²) in [6.07, 6.45) is -3.09. The largest absolute Gasteiger partial charge is 0.491 e. The number of rotatable bonds is 25. The fourth-order valence-corrected chi connectivity index (χ4v) is 7.00. The molecule has 0 spiro atoms. The number of esters is 6. The first-order chi connectivity index (χ1) is 32.5. The summed E-state index contributed by atoms with van der Waals surface area (Å²) >= 11 is 0. The molecule has 0 bridgehead atoms. The van der Waals surface area contributed by atoms with Crippen LogP contribution in [-0.4, -0.2) is 149 Å². The van der Waals surface area contributed by atoms with E-state index in [9.17, 15) is 38.4 Å². The van der Waals surface area contributed by atoms with Crippen LogP contribution in [0, 0.1) is 0 Å². The molecule has 0 N–H and O–H groups in total. The quantitative estimate of drug-likeness (QED) is 0.0598. The Morgan fingerprint density at radius 1 is 0.441 bits per heavy atom. The van der Waals surface area contributed by atoms with Crippen molar-refractivity contribution in [2.24, 2.45) is 0 Å². The average molecular weight is 955 g/mol. The van der Waals surface area contributed by atoms with Gasteiger partial charge in [0.05, 0.1) is 39.6 Å². The summed E-state index contributed by atoms with van der Waals surface area (Å²) in [6.45, 7) is 8.58. The molecule has 2 fully saturated rings.